The first-order chi connectivity index (χ1) is 10.7. The largest absolute Gasteiger partial charge is 0.507 e. The van der Waals surface area contributed by atoms with E-state index in [2.05, 4.69) is 0 Å². The molecule has 0 bridgehead atoms. The maximum Gasteiger partial charge on any atom is 0.341 e. The van der Waals surface area contributed by atoms with Gasteiger partial charge in [-0.3, -0.25) is 0 Å². The Balaban J connectivity index is 2.20. The molecule has 0 radical (unpaired) electrons. The first-order valence-electron chi connectivity index (χ1n) is 7.82. The average molecular weight is 296 g/mol. The van der Waals surface area contributed by atoms with Crippen molar-refractivity contribution in [3.05, 3.63) is 53.1 Å². The van der Waals surface area contributed by atoms with Crippen molar-refractivity contribution < 1.29 is 14.6 Å². The molecule has 22 heavy (non-hydrogen) atoms. The molecule has 1 N–H and O–H groups in total. The standard InChI is InChI=1S/C19H20O3/c1-2-22-19(21)17-12-16(13-8-4-3-5-9-13)14-10-6-7-11-15(14)18(17)20/h3-5,8-9,12,20H,2,6-7,10-11H2,1H3. The predicted molar refractivity (Wildman–Crippen MR) is 86.1 cm³/mol. The van der Waals surface area contributed by atoms with Crippen molar-refractivity contribution in [3.8, 4) is 16.9 Å². The lowest BCUT2D eigenvalue weighted by Crippen LogP contribution is -2.11. The third kappa shape index (κ3) is 2.59. The smallest absolute Gasteiger partial charge is 0.341 e. The fourth-order valence-electron chi connectivity index (χ4n) is 3.17. The van der Waals surface area contributed by atoms with Crippen molar-refractivity contribution in [1.29, 1.82) is 0 Å². The molecule has 0 heterocycles. The van der Waals surface area contributed by atoms with Crippen molar-refractivity contribution in [1.82, 2.24) is 0 Å². The van der Waals surface area contributed by atoms with Gasteiger partial charge in [-0.05, 0) is 60.9 Å². The Kier molecular flexibility index (Phi) is 4.14. The van der Waals surface area contributed by atoms with Crippen LogP contribution in [0.1, 0.15) is 41.3 Å². The van der Waals surface area contributed by atoms with E-state index in [1.165, 1.54) is 5.56 Å². The molecule has 3 nitrogen and oxygen atoms in total. The van der Waals surface area contributed by atoms with Crippen LogP contribution >= 0.6 is 0 Å². The molecule has 2 aromatic rings. The topological polar surface area (TPSA) is 46.5 Å². The van der Waals surface area contributed by atoms with E-state index < -0.39 is 5.97 Å². The average Bonchev–Trinajstić information content (AvgIpc) is 2.56. The molecule has 0 atom stereocenters. The van der Waals surface area contributed by atoms with E-state index in [-0.39, 0.29) is 11.3 Å². The molecular formula is C19H20O3. The summed E-state index contributed by atoms with van der Waals surface area (Å²) in [6.07, 6.45) is 3.91. The van der Waals surface area contributed by atoms with E-state index in [1.54, 1.807) is 13.0 Å². The maximum absolute atomic E-state index is 12.2. The molecule has 3 rings (SSSR count). The molecule has 3 heteroatoms. The third-order valence-corrected chi connectivity index (χ3v) is 4.20. The van der Waals surface area contributed by atoms with Gasteiger partial charge in [-0.25, -0.2) is 4.79 Å². The Morgan fingerprint density at radius 2 is 1.82 bits per heavy atom. The van der Waals surface area contributed by atoms with Crippen molar-refractivity contribution in [2.24, 2.45) is 0 Å². The molecule has 0 unspecified atom stereocenters. The lowest BCUT2D eigenvalue weighted by Gasteiger charge is -2.22. The molecule has 0 saturated heterocycles. The number of carbonyl (C=O) groups excluding carboxylic acids is 1. The van der Waals surface area contributed by atoms with Gasteiger partial charge in [0, 0.05) is 0 Å². The first kappa shape index (κ1) is 14.6. The number of rotatable bonds is 3. The van der Waals surface area contributed by atoms with Crippen LogP contribution < -0.4 is 0 Å². The van der Waals surface area contributed by atoms with Crippen LogP contribution in [0.15, 0.2) is 36.4 Å². The van der Waals surface area contributed by atoms with Crippen LogP contribution in [0, 0.1) is 0 Å². The molecule has 2 aromatic carbocycles. The Hall–Kier alpha value is -2.29. The summed E-state index contributed by atoms with van der Waals surface area (Å²) >= 11 is 0. The van der Waals surface area contributed by atoms with Gasteiger partial charge in [-0.15, -0.1) is 0 Å². The minimum absolute atomic E-state index is 0.104. The van der Waals surface area contributed by atoms with E-state index in [9.17, 15) is 9.90 Å². The molecule has 0 spiro atoms. The quantitative estimate of drug-likeness (QED) is 0.867. The summed E-state index contributed by atoms with van der Waals surface area (Å²) in [7, 11) is 0. The minimum atomic E-state index is -0.453. The number of carbonyl (C=O) groups is 1. The SMILES string of the molecule is CCOC(=O)c1cc(-c2ccccc2)c2c(c1O)CCCC2. The molecular weight excluding hydrogens is 276 g/mol. The van der Waals surface area contributed by atoms with Crippen LogP contribution in [0.3, 0.4) is 0 Å². The zero-order valence-electron chi connectivity index (χ0n) is 12.8. The van der Waals surface area contributed by atoms with E-state index >= 15 is 0 Å². The Morgan fingerprint density at radius 3 is 2.50 bits per heavy atom. The van der Waals surface area contributed by atoms with Gasteiger partial charge in [0.25, 0.3) is 0 Å². The molecule has 0 aromatic heterocycles. The minimum Gasteiger partial charge on any atom is -0.507 e. The van der Waals surface area contributed by atoms with Gasteiger partial charge in [0.1, 0.15) is 11.3 Å². The lowest BCUT2D eigenvalue weighted by atomic mass is 9.83. The fourth-order valence-corrected chi connectivity index (χ4v) is 3.17. The highest BCUT2D eigenvalue weighted by Crippen LogP contribution is 2.39. The second-order valence-electron chi connectivity index (χ2n) is 5.57. The van der Waals surface area contributed by atoms with E-state index in [1.807, 2.05) is 30.3 Å². The van der Waals surface area contributed by atoms with Gasteiger partial charge in [0.05, 0.1) is 6.61 Å². The van der Waals surface area contributed by atoms with Gasteiger partial charge in [0.2, 0.25) is 0 Å². The number of ether oxygens (including phenoxy) is 1. The van der Waals surface area contributed by atoms with Gasteiger partial charge in [-0.1, -0.05) is 30.3 Å². The number of fused-ring (bicyclic) bond motifs is 1. The van der Waals surface area contributed by atoms with Crippen LogP contribution in [0.2, 0.25) is 0 Å². The zero-order chi connectivity index (χ0) is 15.5. The van der Waals surface area contributed by atoms with Crippen LogP contribution in [0.5, 0.6) is 5.75 Å². The highest BCUT2D eigenvalue weighted by Gasteiger charge is 2.24. The molecule has 1 aliphatic carbocycles. The third-order valence-electron chi connectivity index (χ3n) is 4.20. The summed E-state index contributed by atoms with van der Waals surface area (Å²) in [6.45, 7) is 2.07. The van der Waals surface area contributed by atoms with Crippen molar-refractivity contribution >= 4 is 5.97 Å². The van der Waals surface area contributed by atoms with Crippen molar-refractivity contribution in [2.45, 2.75) is 32.6 Å². The van der Waals surface area contributed by atoms with Crippen molar-refractivity contribution in [3.63, 3.8) is 0 Å². The number of esters is 1. The van der Waals surface area contributed by atoms with Crippen molar-refractivity contribution in [2.75, 3.05) is 6.61 Å². The molecule has 0 aliphatic heterocycles. The number of phenols is 1. The zero-order valence-corrected chi connectivity index (χ0v) is 12.8. The highest BCUT2D eigenvalue weighted by atomic mass is 16.5. The number of hydrogen-bond acceptors (Lipinski definition) is 3. The van der Waals surface area contributed by atoms with Crippen LogP contribution in [-0.2, 0) is 17.6 Å². The van der Waals surface area contributed by atoms with E-state index in [0.29, 0.717) is 6.61 Å². The molecule has 1 aliphatic rings. The van der Waals surface area contributed by atoms with Crippen LogP contribution in [-0.4, -0.2) is 17.7 Å². The highest BCUT2D eigenvalue weighted by molar-refractivity contribution is 5.95. The first-order valence-corrected chi connectivity index (χ1v) is 7.82. The fraction of sp³-hybridized carbons (Fsp3) is 0.316. The van der Waals surface area contributed by atoms with Gasteiger partial charge in [0.15, 0.2) is 0 Å². The van der Waals surface area contributed by atoms with Crippen LogP contribution in [0.4, 0.5) is 0 Å². The maximum atomic E-state index is 12.2. The Bertz CT molecular complexity index is 690. The summed E-state index contributed by atoms with van der Waals surface area (Å²) in [5, 5.41) is 10.5. The summed E-state index contributed by atoms with van der Waals surface area (Å²) < 4.78 is 5.09. The molecule has 114 valence electrons. The number of phenolic OH excluding ortho intramolecular Hbond substituents is 1. The van der Waals surface area contributed by atoms with Gasteiger partial charge in [-0.2, -0.15) is 0 Å². The van der Waals surface area contributed by atoms with E-state index in [0.717, 1.165) is 42.4 Å². The summed E-state index contributed by atoms with van der Waals surface area (Å²) in [4.78, 5) is 12.2. The molecule has 0 fully saturated rings. The van der Waals surface area contributed by atoms with E-state index in [4.69, 9.17) is 4.74 Å². The summed E-state index contributed by atoms with van der Waals surface area (Å²) in [6, 6.07) is 11.8. The van der Waals surface area contributed by atoms with Gasteiger partial charge < -0.3 is 9.84 Å². The van der Waals surface area contributed by atoms with Gasteiger partial charge >= 0.3 is 5.97 Å². The number of benzene rings is 2. The second kappa shape index (κ2) is 6.22. The summed E-state index contributed by atoms with van der Waals surface area (Å²) in [5.41, 5.74) is 4.47. The number of aromatic hydroxyl groups is 1. The van der Waals surface area contributed by atoms with Crippen LogP contribution in [0.25, 0.3) is 11.1 Å². The molecule has 0 amide bonds. The Morgan fingerprint density at radius 1 is 1.14 bits per heavy atom. The second-order valence-corrected chi connectivity index (χ2v) is 5.57. The molecule has 0 saturated carbocycles. The lowest BCUT2D eigenvalue weighted by molar-refractivity contribution is 0.0523. The number of hydrogen-bond donors (Lipinski definition) is 1. The summed E-state index contributed by atoms with van der Waals surface area (Å²) in [5.74, 6) is -0.349. The Labute approximate surface area is 130 Å². The monoisotopic (exact) mass is 296 g/mol. The normalized spacial score (nSPS) is 13.5. The predicted octanol–water partition coefficient (Wildman–Crippen LogP) is 4.11.